The van der Waals surface area contributed by atoms with Crippen LogP contribution in [0.1, 0.15) is 64.2 Å². The highest BCUT2D eigenvalue weighted by atomic mass is 16.6. The maximum Gasteiger partial charge on any atom is 0.330 e. The van der Waals surface area contributed by atoms with Crippen LogP contribution in [0, 0.1) is 0 Å². The van der Waals surface area contributed by atoms with Crippen LogP contribution in [-0.4, -0.2) is 219 Å². The van der Waals surface area contributed by atoms with E-state index in [0.29, 0.717) is 119 Å². The average Bonchev–Trinajstić information content (AvgIpc) is 3.27. The monoisotopic (exact) mass is 891 g/mol. The number of esters is 1. The van der Waals surface area contributed by atoms with Gasteiger partial charge in [-0.25, -0.2) is 4.79 Å². The minimum Gasteiger partial charge on any atom is -0.460 e. The summed E-state index contributed by atoms with van der Waals surface area (Å²) in [5.41, 5.74) is 0. The summed E-state index contributed by atoms with van der Waals surface area (Å²) in [7, 11) is 0. The molecule has 0 aromatic carbocycles. The molecule has 18 heteroatoms. The van der Waals surface area contributed by atoms with Crippen LogP contribution in [0.25, 0.3) is 0 Å². The molecular weight excluding hydrogens is 804 g/mol. The maximum absolute atomic E-state index is 10.8. The first kappa shape index (κ1) is 61.7. The Hall–Kier alpha value is -1.43. The lowest BCUT2D eigenvalue weighted by Gasteiger charge is -2.09. The third-order valence-corrected chi connectivity index (χ3v) is 7.73. The van der Waals surface area contributed by atoms with Crippen molar-refractivity contribution in [3.63, 3.8) is 0 Å². The molecule has 0 saturated heterocycles. The quantitative estimate of drug-likeness (QED) is 0.0456. The van der Waals surface area contributed by atoms with E-state index in [0.717, 1.165) is 123 Å². The molecule has 18 nitrogen and oxygen atoms in total. The van der Waals surface area contributed by atoms with E-state index in [1.165, 1.54) is 0 Å². The van der Waals surface area contributed by atoms with Crippen LogP contribution in [0.2, 0.25) is 0 Å². The fourth-order valence-corrected chi connectivity index (χ4v) is 4.45. The summed E-state index contributed by atoms with van der Waals surface area (Å²) >= 11 is 0. The Balaban J connectivity index is 0. The van der Waals surface area contributed by atoms with Crippen molar-refractivity contribution in [1.29, 1.82) is 0 Å². The van der Waals surface area contributed by atoms with Crippen LogP contribution in [0.5, 0.6) is 0 Å². The summed E-state index contributed by atoms with van der Waals surface area (Å²) in [5.74, 6) is -0.459. The number of hydrogen-bond acceptors (Lipinski definition) is 18. The van der Waals surface area contributed by atoms with Gasteiger partial charge < -0.3 is 81.6 Å². The van der Waals surface area contributed by atoms with E-state index in [9.17, 15) is 4.79 Å². The van der Waals surface area contributed by atoms with Crippen molar-refractivity contribution in [3.05, 3.63) is 12.7 Å². The van der Waals surface area contributed by atoms with Gasteiger partial charge in [-0.1, -0.05) is 6.58 Å². The van der Waals surface area contributed by atoms with Gasteiger partial charge in [-0.2, -0.15) is 0 Å². The van der Waals surface area contributed by atoms with Crippen molar-refractivity contribution < 1.29 is 86.4 Å². The third-order valence-electron chi connectivity index (χ3n) is 7.73. The van der Waals surface area contributed by atoms with Gasteiger partial charge >= 0.3 is 5.97 Å². The second kappa shape index (κ2) is 60.7. The van der Waals surface area contributed by atoms with E-state index < -0.39 is 5.97 Å². The Morgan fingerprint density at radius 3 is 0.689 bits per heavy atom. The lowest BCUT2D eigenvalue weighted by Crippen LogP contribution is -2.15. The molecule has 0 aromatic rings. The number of carbonyl (C=O) groups is 1. The smallest absolute Gasteiger partial charge is 0.330 e. The second-order valence-electron chi connectivity index (χ2n) is 13.0. The van der Waals surface area contributed by atoms with Crippen molar-refractivity contribution in [1.82, 2.24) is 0 Å². The summed E-state index contributed by atoms with van der Waals surface area (Å²) in [6.07, 6.45) is 10.9. The van der Waals surface area contributed by atoms with Gasteiger partial charge in [0, 0.05) is 72.1 Å². The average molecular weight is 891 g/mol. The zero-order valence-corrected chi connectivity index (χ0v) is 37.5. The highest BCUT2D eigenvalue weighted by Crippen LogP contribution is 1.99. The SMILES string of the molecule is C=CC(=O)OCCOCCOCCOCCOCCOCCOCCOCCOCCOCCO.OCCCCOCCCCOCCCCOCCCCOCCCCO. The molecule has 0 atom stereocenters. The van der Waals surface area contributed by atoms with Gasteiger partial charge in [-0.3, -0.25) is 0 Å². The van der Waals surface area contributed by atoms with E-state index in [2.05, 4.69) is 6.58 Å². The predicted molar refractivity (Wildman–Crippen MR) is 229 cm³/mol. The number of ether oxygens (including phenoxy) is 14. The molecule has 0 spiro atoms. The Labute approximate surface area is 367 Å². The molecule has 0 unspecified atom stereocenters. The van der Waals surface area contributed by atoms with Crippen LogP contribution in [0.15, 0.2) is 12.7 Å². The summed E-state index contributed by atoms with van der Waals surface area (Å²) in [6.45, 7) is 18.7. The standard InChI is InChI=1S/C23H44O12.C20H42O6/c1-2-23(25)35-22-21-34-20-19-33-18-17-32-16-15-31-14-13-30-12-11-29-10-9-28-8-7-27-6-5-26-4-3-24;21-11-1-3-13-23-15-5-7-17-25-19-9-10-20-26-18-8-6-16-24-14-4-2-12-22/h2,24H,1,3-22H2;21-22H,1-20H2. The van der Waals surface area contributed by atoms with Crippen LogP contribution < -0.4 is 0 Å². The minimum absolute atomic E-state index is 0.0232. The first-order valence-corrected chi connectivity index (χ1v) is 22.3. The first-order chi connectivity index (χ1) is 30.2. The third kappa shape index (κ3) is 62.9. The molecule has 0 aliphatic rings. The van der Waals surface area contributed by atoms with Gasteiger partial charge in [0.1, 0.15) is 6.61 Å². The summed E-state index contributed by atoms with van der Waals surface area (Å²) in [6, 6.07) is 0. The van der Waals surface area contributed by atoms with Gasteiger partial charge in [0.25, 0.3) is 0 Å². The van der Waals surface area contributed by atoms with E-state index in [1.807, 2.05) is 0 Å². The van der Waals surface area contributed by atoms with Crippen LogP contribution >= 0.6 is 0 Å². The van der Waals surface area contributed by atoms with Gasteiger partial charge in [-0.05, 0) is 64.2 Å². The molecule has 0 aliphatic carbocycles. The number of carbonyl (C=O) groups excluding carboxylic acids is 1. The van der Waals surface area contributed by atoms with Crippen molar-refractivity contribution >= 4 is 5.97 Å². The molecule has 0 rings (SSSR count). The van der Waals surface area contributed by atoms with Crippen LogP contribution in [0.3, 0.4) is 0 Å². The molecule has 0 heterocycles. The topological polar surface area (TPSA) is 207 Å². The van der Waals surface area contributed by atoms with Crippen LogP contribution in [0.4, 0.5) is 0 Å². The lowest BCUT2D eigenvalue weighted by atomic mass is 10.3. The largest absolute Gasteiger partial charge is 0.460 e. The molecule has 0 bridgehead atoms. The highest BCUT2D eigenvalue weighted by Gasteiger charge is 1.98. The molecule has 366 valence electrons. The predicted octanol–water partition coefficient (Wildman–Crippen LogP) is 2.80. The summed E-state index contributed by atoms with van der Waals surface area (Å²) in [5, 5.41) is 25.8. The Morgan fingerprint density at radius 1 is 0.279 bits per heavy atom. The second-order valence-corrected chi connectivity index (χ2v) is 13.0. The maximum atomic E-state index is 10.8. The van der Waals surface area contributed by atoms with Crippen molar-refractivity contribution in [2.24, 2.45) is 0 Å². The molecule has 0 radical (unpaired) electrons. The number of rotatable bonds is 53. The van der Waals surface area contributed by atoms with Crippen molar-refractivity contribution in [3.8, 4) is 0 Å². The van der Waals surface area contributed by atoms with Crippen molar-refractivity contribution in [2.75, 3.05) is 198 Å². The van der Waals surface area contributed by atoms with Gasteiger partial charge in [0.15, 0.2) is 0 Å². The zero-order chi connectivity index (χ0) is 44.5. The zero-order valence-electron chi connectivity index (χ0n) is 37.5. The molecule has 0 aliphatic heterocycles. The Kier molecular flexibility index (Phi) is 61.3. The Morgan fingerprint density at radius 2 is 0.475 bits per heavy atom. The van der Waals surface area contributed by atoms with Gasteiger partial charge in [0.2, 0.25) is 0 Å². The molecular formula is C43H86O18. The molecule has 0 aromatic heterocycles. The van der Waals surface area contributed by atoms with Crippen LogP contribution in [-0.2, 0) is 71.1 Å². The molecule has 61 heavy (non-hydrogen) atoms. The van der Waals surface area contributed by atoms with Gasteiger partial charge in [0.05, 0.1) is 126 Å². The summed E-state index contributed by atoms with van der Waals surface area (Å²) < 4.78 is 74.9. The van der Waals surface area contributed by atoms with E-state index in [4.69, 9.17) is 81.6 Å². The fourth-order valence-electron chi connectivity index (χ4n) is 4.45. The minimum atomic E-state index is -0.459. The number of aliphatic hydroxyl groups excluding tert-OH is 3. The number of unbranched alkanes of at least 4 members (excludes halogenated alkanes) is 5. The molecule has 0 fully saturated rings. The lowest BCUT2D eigenvalue weighted by molar-refractivity contribution is -0.139. The van der Waals surface area contributed by atoms with E-state index >= 15 is 0 Å². The summed E-state index contributed by atoms with van der Waals surface area (Å²) in [4.78, 5) is 10.8. The number of aliphatic hydroxyl groups is 3. The van der Waals surface area contributed by atoms with E-state index in [1.54, 1.807) is 0 Å². The number of hydrogen-bond donors (Lipinski definition) is 3. The molecule has 3 N–H and O–H groups in total. The van der Waals surface area contributed by atoms with Gasteiger partial charge in [-0.15, -0.1) is 0 Å². The molecule has 0 amide bonds. The Bertz CT molecular complexity index is 777. The van der Waals surface area contributed by atoms with E-state index in [-0.39, 0.29) is 26.4 Å². The van der Waals surface area contributed by atoms with Crippen molar-refractivity contribution in [2.45, 2.75) is 64.2 Å². The highest BCUT2D eigenvalue weighted by molar-refractivity contribution is 5.81. The normalized spacial score (nSPS) is 11.2. The first-order valence-electron chi connectivity index (χ1n) is 22.3. The molecule has 0 saturated carbocycles. The fraction of sp³-hybridized carbons (Fsp3) is 0.930.